The van der Waals surface area contributed by atoms with Gasteiger partial charge in [-0.05, 0) is 63.6 Å². The van der Waals surface area contributed by atoms with E-state index < -0.39 is 47.5 Å². The number of carbonyl (C=O) groups excluding carboxylic acids is 5. The van der Waals surface area contributed by atoms with Crippen molar-refractivity contribution in [3.05, 3.63) is 33.8 Å². The van der Waals surface area contributed by atoms with Gasteiger partial charge in [0.25, 0.3) is 0 Å². The number of aliphatic hydroxyl groups is 1. The topological polar surface area (TPSA) is 145 Å². The van der Waals surface area contributed by atoms with Crippen LogP contribution in [0.2, 0.25) is 10.0 Å². The first-order valence-corrected chi connectivity index (χ1v) is 15.0. The third-order valence-corrected chi connectivity index (χ3v) is 8.73. The average Bonchev–Trinajstić information content (AvgIpc) is 3.42. The van der Waals surface area contributed by atoms with E-state index >= 15 is 0 Å². The number of nitrogens with zero attached hydrogens (tertiary/aromatic N) is 1. The van der Waals surface area contributed by atoms with Crippen LogP contribution in [0.1, 0.15) is 77.7 Å². The molecule has 0 radical (unpaired) electrons. The van der Waals surface area contributed by atoms with Gasteiger partial charge in [-0.3, -0.25) is 24.0 Å². The molecule has 4 amide bonds. The summed E-state index contributed by atoms with van der Waals surface area (Å²) in [5, 5.41) is 18.6. The minimum Gasteiger partial charge on any atom is -0.386 e. The zero-order chi connectivity index (χ0) is 30.3. The van der Waals surface area contributed by atoms with E-state index in [9.17, 15) is 29.1 Å². The van der Waals surface area contributed by atoms with Crippen LogP contribution in [0.5, 0.6) is 0 Å². The van der Waals surface area contributed by atoms with Gasteiger partial charge in [-0.25, -0.2) is 0 Å². The largest absolute Gasteiger partial charge is 0.386 e. The molecule has 0 bridgehead atoms. The summed E-state index contributed by atoms with van der Waals surface area (Å²) >= 11 is 12.2. The van der Waals surface area contributed by atoms with Gasteiger partial charge in [0.05, 0.1) is 10.0 Å². The molecule has 41 heavy (non-hydrogen) atoms. The maximum Gasteiger partial charge on any atom is 0.246 e. The Morgan fingerprint density at radius 3 is 2.46 bits per heavy atom. The lowest BCUT2D eigenvalue weighted by molar-refractivity contribution is -0.144. The first kappa shape index (κ1) is 32.8. The molecule has 1 unspecified atom stereocenters. The number of halogens is 2. The Hall–Kier alpha value is -2.69. The first-order valence-electron chi connectivity index (χ1n) is 14.2. The monoisotopic (exact) mass is 610 g/mol. The van der Waals surface area contributed by atoms with Crippen molar-refractivity contribution in [2.24, 2.45) is 0 Å². The van der Waals surface area contributed by atoms with Crippen LogP contribution in [0, 0.1) is 0 Å². The molecule has 2 fully saturated rings. The number of nitrogens with one attached hydrogen (secondary N) is 3. The molecule has 5 atom stereocenters. The highest BCUT2D eigenvalue weighted by atomic mass is 35.5. The Bertz CT molecular complexity index is 1160. The molecule has 3 rings (SSSR count). The lowest BCUT2D eigenvalue weighted by atomic mass is 9.94. The van der Waals surface area contributed by atoms with Gasteiger partial charge in [0, 0.05) is 19.4 Å². The van der Waals surface area contributed by atoms with E-state index in [1.807, 2.05) is 0 Å². The summed E-state index contributed by atoms with van der Waals surface area (Å²) in [5.41, 5.74) is -0.661. The van der Waals surface area contributed by atoms with E-state index in [1.54, 1.807) is 32.0 Å². The number of ketones is 1. The van der Waals surface area contributed by atoms with Crippen molar-refractivity contribution >= 4 is 52.6 Å². The summed E-state index contributed by atoms with van der Waals surface area (Å²) in [6.45, 7) is 5.13. The van der Waals surface area contributed by atoms with Crippen molar-refractivity contribution in [2.45, 2.75) is 108 Å². The summed E-state index contributed by atoms with van der Waals surface area (Å²) in [5.74, 6) is -2.04. The number of fused-ring (bicyclic) bond motifs is 1. The summed E-state index contributed by atoms with van der Waals surface area (Å²) < 4.78 is 0. The number of carbonyl (C=O) groups is 5. The molecule has 4 N–H and O–H groups in total. The van der Waals surface area contributed by atoms with Crippen LogP contribution in [0.3, 0.4) is 0 Å². The molecule has 2 heterocycles. The quantitative estimate of drug-likeness (QED) is 0.300. The van der Waals surface area contributed by atoms with E-state index in [2.05, 4.69) is 16.0 Å². The smallest absolute Gasteiger partial charge is 0.246 e. The second-order valence-corrected chi connectivity index (χ2v) is 12.0. The Morgan fingerprint density at radius 1 is 1.07 bits per heavy atom. The zero-order valence-electron chi connectivity index (χ0n) is 23.8. The Morgan fingerprint density at radius 2 is 1.80 bits per heavy atom. The van der Waals surface area contributed by atoms with Gasteiger partial charge >= 0.3 is 0 Å². The highest BCUT2D eigenvalue weighted by Crippen LogP contribution is 2.25. The lowest BCUT2D eigenvalue weighted by Crippen LogP contribution is -2.65. The average molecular weight is 612 g/mol. The number of unbranched alkanes of at least 4 members (excludes halogenated alkanes) is 2. The predicted molar refractivity (Wildman–Crippen MR) is 155 cm³/mol. The first-order chi connectivity index (χ1) is 19.4. The van der Waals surface area contributed by atoms with Crippen molar-refractivity contribution in [1.82, 2.24) is 20.9 Å². The van der Waals surface area contributed by atoms with Gasteiger partial charge in [0.15, 0.2) is 5.78 Å². The number of hydrogen-bond acceptors (Lipinski definition) is 6. The molecule has 2 saturated heterocycles. The van der Waals surface area contributed by atoms with Crippen molar-refractivity contribution in [1.29, 1.82) is 0 Å². The molecule has 0 aliphatic carbocycles. The highest BCUT2D eigenvalue weighted by Gasteiger charge is 2.43. The van der Waals surface area contributed by atoms with Crippen LogP contribution < -0.4 is 16.0 Å². The van der Waals surface area contributed by atoms with Gasteiger partial charge in [-0.2, -0.15) is 0 Å². The van der Waals surface area contributed by atoms with E-state index in [4.69, 9.17) is 23.2 Å². The van der Waals surface area contributed by atoms with Crippen molar-refractivity contribution in [3.8, 4) is 0 Å². The molecule has 12 heteroatoms. The number of Topliss-reactive ketones (excluding diaryl/α,β-unsaturated/α-hetero) is 1. The fourth-order valence-electron chi connectivity index (χ4n) is 5.16. The van der Waals surface area contributed by atoms with Crippen LogP contribution in [0.4, 0.5) is 0 Å². The predicted octanol–water partition coefficient (Wildman–Crippen LogP) is 2.70. The summed E-state index contributed by atoms with van der Waals surface area (Å²) in [7, 11) is 0. The molecule has 10 nitrogen and oxygen atoms in total. The molecule has 0 saturated carbocycles. The molecular formula is C29H40Cl2N4O6. The van der Waals surface area contributed by atoms with Gasteiger partial charge < -0.3 is 26.0 Å². The van der Waals surface area contributed by atoms with Crippen molar-refractivity contribution < 1.29 is 29.1 Å². The fraction of sp³-hybridized carbons (Fsp3) is 0.621. The van der Waals surface area contributed by atoms with Gasteiger partial charge in [0.1, 0.15) is 29.8 Å². The normalized spacial score (nSPS) is 26.3. The van der Waals surface area contributed by atoms with Crippen LogP contribution in [0.25, 0.3) is 0 Å². The number of rotatable bonds is 10. The molecule has 2 aliphatic rings. The standard InChI is InChI=1S/C29H40Cl2N4O6/c1-4-29(3)28(41)33-22(16-18-12-13-19(30)20(31)15-18)27(40)35-14-8-10-23(35)26(39)32-21(25(38)34-29)9-6-5-7-11-24(37)17(2)36/h12-13,15,17,21-23,36H,4-11,14,16H2,1-3H3,(H,32,39)(H,33,41)(H,34,38)/t17-,21+,22?,23-,29+/m1/s1. The molecular weight excluding hydrogens is 571 g/mol. The van der Waals surface area contributed by atoms with Gasteiger partial charge in [0.2, 0.25) is 23.6 Å². The van der Waals surface area contributed by atoms with Gasteiger partial charge in [-0.1, -0.05) is 49.0 Å². The van der Waals surface area contributed by atoms with Crippen molar-refractivity contribution in [3.63, 3.8) is 0 Å². The molecule has 1 aromatic rings. The Labute approximate surface area is 250 Å². The maximum absolute atomic E-state index is 13.8. The molecule has 0 aromatic heterocycles. The minimum atomic E-state index is -1.34. The third-order valence-electron chi connectivity index (χ3n) is 7.99. The molecule has 2 aliphatic heterocycles. The zero-order valence-corrected chi connectivity index (χ0v) is 25.3. The lowest BCUT2D eigenvalue weighted by Gasteiger charge is -2.36. The van der Waals surface area contributed by atoms with Crippen LogP contribution in [-0.4, -0.2) is 75.7 Å². The van der Waals surface area contributed by atoms with E-state index in [0.717, 1.165) is 0 Å². The van der Waals surface area contributed by atoms with Gasteiger partial charge in [-0.15, -0.1) is 0 Å². The van der Waals surface area contributed by atoms with Crippen LogP contribution in [-0.2, 0) is 30.4 Å². The Kier molecular flexibility index (Phi) is 11.6. The molecule has 226 valence electrons. The third kappa shape index (κ3) is 8.42. The number of hydrogen-bond donors (Lipinski definition) is 4. The summed E-state index contributed by atoms with van der Waals surface area (Å²) in [6, 6.07) is 2.30. The SMILES string of the molecule is CC[C@]1(C)NC(=O)[C@H](CCCCCC(=O)[C@@H](C)O)NC(=O)[C@H]2CCCN2C(=O)C(Cc2ccc(Cl)c(Cl)c2)NC1=O. The van der Waals surface area contributed by atoms with E-state index in [0.29, 0.717) is 60.7 Å². The van der Waals surface area contributed by atoms with Crippen LogP contribution >= 0.6 is 23.2 Å². The second kappa shape index (κ2) is 14.5. The number of aliphatic hydroxyl groups excluding tert-OH is 1. The van der Waals surface area contributed by atoms with Crippen molar-refractivity contribution in [2.75, 3.05) is 6.54 Å². The maximum atomic E-state index is 13.8. The Balaban J connectivity index is 1.84. The summed E-state index contributed by atoms with van der Waals surface area (Å²) in [4.78, 5) is 67.5. The number of benzene rings is 1. The van der Waals surface area contributed by atoms with E-state index in [1.165, 1.54) is 11.8 Å². The van der Waals surface area contributed by atoms with Crippen LogP contribution in [0.15, 0.2) is 18.2 Å². The second-order valence-electron chi connectivity index (χ2n) is 11.1. The molecule has 1 aromatic carbocycles. The summed E-state index contributed by atoms with van der Waals surface area (Å²) in [6.07, 6.45) is 2.64. The highest BCUT2D eigenvalue weighted by molar-refractivity contribution is 6.42. The van der Waals surface area contributed by atoms with E-state index in [-0.39, 0.29) is 31.0 Å². The fourth-order valence-corrected chi connectivity index (χ4v) is 5.48. The number of amides is 4. The minimum absolute atomic E-state index is 0.125. The molecule has 0 spiro atoms.